The summed E-state index contributed by atoms with van der Waals surface area (Å²) in [6.45, 7) is 1.92. The number of nitrogens with one attached hydrogen (secondary N) is 1. The number of hydrogen-bond acceptors (Lipinski definition) is 6. The van der Waals surface area contributed by atoms with Crippen LogP contribution in [0.3, 0.4) is 0 Å². The maximum Gasteiger partial charge on any atom is 0.267 e. The molecule has 0 saturated carbocycles. The van der Waals surface area contributed by atoms with Crippen molar-refractivity contribution in [2.45, 2.75) is 23.8 Å². The van der Waals surface area contributed by atoms with Crippen molar-refractivity contribution in [3.63, 3.8) is 0 Å². The topological polar surface area (TPSA) is 64.1 Å². The molecule has 1 amide bonds. The quantitative estimate of drug-likeness (QED) is 0.528. The molecule has 0 bridgehead atoms. The maximum atomic E-state index is 12.4. The Labute approximate surface area is 148 Å². The number of benzene rings is 2. The van der Waals surface area contributed by atoms with E-state index < -0.39 is 6.10 Å². The van der Waals surface area contributed by atoms with Gasteiger partial charge in [-0.15, -0.1) is 10.2 Å². The Bertz CT molecular complexity index is 850. The highest BCUT2D eigenvalue weighted by atomic mass is 32.2. The number of carbonyl (C=O) groups is 1. The van der Waals surface area contributed by atoms with Gasteiger partial charge in [0, 0.05) is 0 Å². The van der Waals surface area contributed by atoms with Gasteiger partial charge in [-0.3, -0.25) is 10.1 Å². The number of rotatable bonds is 6. The lowest BCUT2D eigenvalue weighted by Gasteiger charge is -2.16. The molecule has 5 nitrogen and oxygen atoms in total. The second kappa shape index (κ2) is 7.63. The van der Waals surface area contributed by atoms with Gasteiger partial charge >= 0.3 is 0 Å². The van der Waals surface area contributed by atoms with E-state index in [1.165, 1.54) is 23.1 Å². The standard InChI is InChI=1S/C17H17N3O2S2/c1-3-14(15(21)18-16-19-20-17(23-2)24-16)22-13-9-8-11-6-4-5-7-12(11)10-13/h4-10,14H,3H2,1-2H3,(H,18,19,21)/t14-/m0/s1. The summed E-state index contributed by atoms with van der Waals surface area (Å²) in [5.41, 5.74) is 0. The smallest absolute Gasteiger partial charge is 0.267 e. The summed E-state index contributed by atoms with van der Waals surface area (Å²) in [7, 11) is 0. The number of carbonyl (C=O) groups excluding carboxylic acids is 1. The zero-order chi connectivity index (χ0) is 16.9. The fraction of sp³-hybridized carbons (Fsp3) is 0.235. The van der Waals surface area contributed by atoms with Crippen LogP contribution in [-0.2, 0) is 4.79 Å². The molecule has 0 radical (unpaired) electrons. The van der Waals surface area contributed by atoms with Crippen LogP contribution in [0, 0.1) is 0 Å². The second-order valence-corrected chi connectivity index (χ2v) is 7.12. The van der Waals surface area contributed by atoms with Gasteiger partial charge in [0.1, 0.15) is 5.75 Å². The first-order valence-corrected chi connectivity index (χ1v) is 9.57. The molecule has 1 aromatic heterocycles. The van der Waals surface area contributed by atoms with Crippen molar-refractivity contribution in [3.8, 4) is 5.75 Å². The molecule has 0 aliphatic rings. The van der Waals surface area contributed by atoms with E-state index in [4.69, 9.17) is 4.74 Å². The summed E-state index contributed by atoms with van der Waals surface area (Å²) in [5, 5.41) is 13.4. The van der Waals surface area contributed by atoms with Gasteiger partial charge in [0.05, 0.1) is 0 Å². The second-order valence-electron chi connectivity index (χ2n) is 5.09. The Kier molecular flexibility index (Phi) is 5.32. The van der Waals surface area contributed by atoms with E-state index >= 15 is 0 Å². The minimum absolute atomic E-state index is 0.213. The lowest BCUT2D eigenvalue weighted by Crippen LogP contribution is -2.32. The molecule has 1 N–H and O–H groups in total. The predicted octanol–water partition coefficient (Wildman–Crippen LogP) is 4.21. The molecular weight excluding hydrogens is 342 g/mol. The Morgan fingerprint density at radius 1 is 1.25 bits per heavy atom. The fourth-order valence-corrected chi connectivity index (χ4v) is 3.43. The molecule has 124 valence electrons. The van der Waals surface area contributed by atoms with Gasteiger partial charge in [-0.2, -0.15) is 0 Å². The summed E-state index contributed by atoms with van der Waals surface area (Å²) in [5.74, 6) is 0.465. The number of thioether (sulfide) groups is 1. The first kappa shape index (κ1) is 16.7. The summed E-state index contributed by atoms with van der Waals surface area (Å²) in [6.07, 6.45) is 1.91. The minimum atomic E-state index is -0.576. The summed E-state index contributed by atoms with van der Waals surface area (Å²) in [6, 6.07) is 13.9. The lowest BCUT2D eigenvalue weighted by atomic mass is 10.1. The van der Waals surface area contributed by atoms with Crippen LogP contribution in [-0.4, -0.2) is 28.5 Å². The molecule has 0 aliphatic carbocycles. The van der Waals surface area contributed by atoms with E-state index in [9.17, 15) is 4.79 Å². The molecule has 2 aromatic carbocycles. The summed E-state index contributed by atoms with van der Waals surface area (Å²) < 4.78 is 6.69. The van der Waals surface area contributed by atoms with Crippen LogP contribution in [0.5, 0.6) is 5.75 Å². The van der Waals surface area contributed by atoms with Gasteiger partial charge in [0.15, 0.2) is 10.4 Å². The number of nitrogens with zero attached hydrogens (tertiary/aromatic N) is 2. The highest BCUT2D eigenvalue weighted by Crippen LogP contribution is 2.25. The van der Waals surface area contributed by atoms with Gasteiger partial charge in [-0.05, 0) is 35.6 Å². The predicted molar refractivity (Wildman–Crippen MR) is 99.0 cm³/mol. The van der Waals surface area contributed by atoms with Gasteiger partial charge in [0.2, 0.25) is 5.13 Å². The summed E-state index contributed by atoms with van der Waals surface area (Å²) >= 11 is 2.85. The van der Waals surface area contributed by atoms with E-state index in [1.807, 2.05) is 55.6 Å². The van der Waals surface area contributed by atoms with Gasteiger partial charge < -0.3 is 4.74 Å². The molecule has 3 rings (SSSR count). The SMILES string of the molecule is CC[C@H](Oc1ccc2ccccc2c1)C(=O)Nc1nnc(SC)s1. The number of fused-ring (bicyclic) bond motifs is 1. The molecule has 0 unspecified atom stereocenters. The Morgan fingerprint density at radius 2 is 2.04 bits per heavy atom. The number of amides is 1. The van der Waals surface area contributed by atoms with Crippen LogP contribution in [0.2, 0.25) is 0 Å². The van der Waals surface area contributed by atoms with Gasteiger partial charge in [-0.1, -0.05) is 60.4 Å². The molecule has 24 heavy (non-hydrogen) atoms. The van der Waals surface area contributed by atoms with Crippen molar-refractivity contribution in [1.82, 2.24) is 10.2 Å². The van der Waals surface area contributed by atoms with E-state index in [2.05, 4.69) is 15.5 Å². The van der Waals surface area contributed by atoms with Gasteiger partial charge in [-0.25, -0.2) is 0 Å². The van der Waals surface area contributed by atoms with Crippen LogP contribution in [0.15, 0.2) is 46.8 Å². The van der Waals surface area contributed by atoms with Gasteiger partial charge in [0.25, 0.3) is 5.91 Å². The Morgan fingerprint density at radius 3 is 2.75 bits per heavy atom. The van der Waals surface area contributed by atoms with Crippen molar-refractivity contribution < 1.29 is 9.53 Å². The van der Waals surface area contributed by atoms with Crippen LogP contribution in [0.4, 0.5) is 5.13 Å². The molecule has 0 fully saturated rings. The average Bonchev–Trinajstić information content (AvgIpc) is 3.07. The Balaban J connectivity index is 1.71. The zero-order valence-electron chi connectivity index (χ0n) is 13.4. The number of ether oxygens (including phenoxy) is 1. The largest absolute Gasteiger partial charge is 0.481 e. The number of anilines is 1. The lowest BCUT2D eigenvalue weighted by molar-refractivity contribution is -0.122. The van der Waals surface area contributed by atoms with Crippen molar-refractivity contribution in [2.75, 3.05) is 11.6 Å². The molecule has 0 saturated heterocycles. The first-order chi connectivity index (χ1) is 11.7. The maximum absolute atomic E-state index is 12.4. The molecular formula is C17H17N3O2S2. The van der Waals surface area contributed by atoms with E-state index in [1.54, 1.807) is 0 Å². The van der Waals surface area contributed by atoms with Crippen LogP contribution in [0.1, 0.15) is 13.3 Å². The van der Waals surface area contributed by atoms with Crippen molar-refractivity contribution in [2.24, 2.45) is 0 Å². The summed E-state index contributed by atoms with van der Waals surface area (Å²) in [4.78, 5) is 12.4. The monoisotopic (exact) mass is 359 g/mol. The molecule has 0 aliphatic heterocycles. The van der Waals surface area contributed by atoms with Crippen molar-refractivity contribution in [3.05, 3.63) is 42.5 Å². The molecule has 7 heteroatoms. The van der Waals surface area contributed by atoms with Crippen LogP contribution >= 0.6 is 23.1 Å². The Hall–Kier alpha value is -2.12. The van der Waals surface area contributed by atoms with E-state index in [-0.39, 0.29) is 5.91 Å². The number of hydrogen-bond donors (Lipinski definition) is 1. The first-order valence-electron chi connectivity index (χ1n) is 7.53. The molecule has 1 atom stereocenters. The molecule has 0 spiro atoms. The fourth-order valence-electron chi connectivity index (χ4n) is 2.26. The van der Waals surface area contributed by atoms with E-state index in [0.717, 1.165) is 15.1 Å². The van der Waals surface area contributed by atoms with Crippen LogP contribution < -0.4 is 10.1 Å². The highest BCUT2D eigenvalue weighted by molar-refractivity contribution is 8.00. The average molecular weight is 359 g/mol. The third-order valence-corrected chi connectivity index (χ3v) is 5.29. The third-order valence-electron chi connectivity index (χ3n) is 3.47. The zero-order valence-corrected chi connectivity index (χ0v) is 15.0. The van der Waals surface area contributed by atoms with Crippen LogP contribution in [0.25, 0.3) is 10.8 Å². The minimum Gasteiger partial charge on any atom is -0.481 e. The van der Waals surface area contributed by atoms with E-state index in [0.29, 0.717) is 17.3 Å². The van der Waals surface area contributed by atoms with Crippen molar-refractivity contribution >= 4 is 44.9 Å². The molecule has 3 aromatic rings. The van der Waals surface area contributed by atoms with Crippen molar-refractivity contribution in [1.29, 1.82) is 0 Å². The highest BCUT2D eigenvalue weighted by Gasteiger charge is 2.20. The number of aromatic nitrogens is 2. The molecule has 1 heterocycles. The third kappa shape index (κ3) is 3.85. The normalized spacial score (nSPS) is 12.1.